The summed E-state index contributed by atoms with van der Waals surface area (Å²) in [6, 6.07) is 0. The van der Waals surface area contributed by atoms with Gasteiger partial charge in [-0.25, -0.2) is 9.97 Å². The molecule has 7 nitrogen and oxygen atoms in total. The molecule has 0 atom stereocenters. The van der Waals surface area contributed by atoms with E-state index in [1.165, 1.54) is 0 Å². The van der Waals surface area contributed by atoms with Gasteiger partial charge in [0.25, 0.3) is 5.91 Å². The monoisotopic (exact) mass is 385 g/mol. The fraction of sp³-hybridized carbons (Fsp3) is 0.714. The summed E-state index contributed by atoms with van der Waals surface area (Å²) in [4.78, 5) is 35.8. The second-order valence-corrected chi connectivity index (χ2v) is 8.84. The number of piperidine rings is 1. The van der Waals surface area contributed by atoms with Gasteiger partial charge in [0.05, 0.1) is 0 Å². The smallest absolute Gasteiger partial charge is 0.270 e. The van der Waals surface area contributed by atoms with Crippen molar-refractivity contribution in [2.75, 3.05) is 31.5 Å². The van der Waals surface area contributed by atoms with E-state index in [0.717, 1.165) is 75.4 Å². The third kappa shape index (κ3) is 4.28. The molecule has 3 heterocycles. The van der Waals surface area contributed by atoms with Crippen LogP contribution >= 0.6 is 0 Å². The van der Waals surface area contributed by atoms with Crippen molar-refractivity contribution in [1.82, 2.24) is 20.2 Å². The molecule has 2 aliphatic heterocycles. The number of likely N-dealkylation sites (tertiary alicyclic amines) is 1. The van der Waals surface area contributed by atoms with Crippen molar-refractivity contribution in [1.29, 1.82) is 0 Å². The molecule has 1 aromatic rings. The van der Waals surface area contributed by atoms with Gasteiger partial charge >= 0.3 is 0 Å². The highest BCUT2D eigenvalue weighted by molar-refractivity contribution is 5.96. The Morgan fingerprint density at radius 3 is 2.64 bits per heavy atom. The van der Waals surface area contributed by atoms with E-state index in [1.807, 2.05) is 4.90 Å². The molecule has 0 unspecified atom stereocenters. The van der Waals surface area contributed by atoms with Crippen LogP contribution in [0.4, 0.5) is 5.82 Å². The number of aromatic nitrogens is 2. The lowest BCUT2D eigenvalue weighted by Crippen LogP contribution is -2.40. The molecule has 2 fully saturated rings. The van der Waals surface area contributed by atoms with E-state index in [4.69, 9.17) is 4.98 Å². The van der Waals surface area contributed by atoms with Crippen LogP contribution in [0.1, 0.15) is 61.4 Å². The zero-order valence-corrected chi connectivity index (χ0v) is 17.0. The third-order valence-electron chi connectivity index (χ3n) is 5.93. The van der Waals surface area contributed by atoms with Crippen LogP contribution in [0.2, 0.25) is 0 Å². The highest BCUT2D eigenvalue weighted by Crippen LogP contribution is 2.32. The zero-order valence-electron chi connectivity index (χ0n) is 17.0. The van der Waals surface area contributed by atoms with Gasteiger partial charge in [-0.05, 0) is 43.9 Å². The first kappa shape index (κ1) is 19.2. The molecule has 0 aromatic carbocycles. The Morgan fingerprint density at radius 2 is 1.96 bits per heavy atom. The van der Waals surface area contributed by atoms with Crippen LogP contribution in [0.5, 0.6) is 0 Å². The number of nitrogens with zero attached hydrogens (tertiary/aromatic N) is 3. The number of anilines is 1. The summed E-state index contributed by atoms with van der Waals surface area (Å²) < 4.78 is 0. The molecule has 3 aliphatic rings. The second-order valence-electron chi connectivity index (χ2n) is 8.84. The summed E-state index contributed by atoms with van der Waals surface area (Å²) in [5.41, 5.74) is 1.47. The van der Waals surface area contributed by atoms with Gasteiger partial charge in [0.1, 0.15) is 17.3 Å². The molecule has 2 N–H and O–H groups in total. The minimum Gasteiger partial charge on any atom is -0.369 e. The van der Waals surface area contributed by atoms with Crippen LogP contribution in [0.15, 0.2) is 0 Å². The van der Waals surface area contributed by atoms with E-state index in [1.54, 1.807) is 0 Å². The quantitative estimate of drug-likeness (QED) is 0.782. The van der Waals surface area contributed by atoms with Gasteiger partial charge in [-0.2, -0.15) is 0 Å². The standard InChI is InChI=1S/C21H31N5O2/c1-13(2)11-17-24-18-16(5-8-22-20(18)27)19(25-17)23-12-14-6-9-26(10-7-14)21(28)15-3-4-15/h13-15H,3-12H2,1-2H3,(H,22,27)(H,23,24,25). The van der Waals surface area contributed by atoms with E-state index in [0.29, 0.717) is 35.9 Å². The molecule has 7 heteroatoms. The fourth-order valence-electron chi connectivity index (χ4n) is 4.13. The summed E-state index contributed by atoms with van der Waals surface area (Å²) in [6.07, 6.45) is 5.73. The number of hydrogen-bond donors (Lipinski definition) is 2. The first-order chi connectivity index (χ1) is 13.5. The Balaban J connectivity index is 1.40. The molecule has 0 radical (unpaired) electrons. The van der Waals surface area contributed by atoms with Gasteiger partial charge in [-0.3, -0.25) is 9.59 Å². The first-order valence-corrected chi connectivity index (χ1v) is 10.7. The largest absolute Gasteiger partial charge is 0.369 e. The summed E-state index contributed by atoms with van der Waals surface area (Å²) in [6.45, 7) is 7.46. The second kappa shape index (κ2) is 8.05. The van der Waals surface area contributed by atoms with Gasteiger partial charge in [-0.1, -0.05) is 13.8 Å². The molecule has 152 valence electrons. The number of nitrogens with one attached hydrogen (secondary N) is 2. The van der Waals surface area contributed by atoms with Gasteiger partial charge in [0, 0.05) is 44.1 Å². The number of amides is 2. The van der Waals surface area contributed by atoms with Crippen LogP contribution in [0, 0.1) is 17.8 Å². The SMILES string of the molecule is CC(C)Cc1nc(NCC2CCN(C(=O)C3CC3)CC2)c2c(n1)C(=O)NCC2. The van der Waals surface area contributed by atoms with Crippen molar-refractivity contribution in [2.45, 2.75) is 52.4 Å². The normalized spacial score (nSPS) is 20.1. The molecular formula is C21H31N5O2. The van der Waals surface area contributed by atoms with Crippen LogP contribution in [0.3, 0.4) is 0 Å². The fourth-order valence-corrected chi connectivity index (χ4v) is 4.13. The van der Waals surface area contributed by atoms with Crippen molar-refractivity contribution >= 4 is 17.6 Å². The topological polar surface area (TPSA) is 87.2 Å². The van der Waals surface area contributed by atoms with Crippen molar-refractivity contribution < 1.29 is 9.59 Å². The number of hydrogen-bond acceptors (Lipinski definition) is 5. The third-order valence-corrected chi connectivity index (χ3v) is 5.93. The maximum absolute atomic E-state index is 12.3. The molecule has 1 saturated heterocycles. The molecule has 0 spiro atoms. The molecule has 1 aromatic heterocycles. The minimum atomic E-state index is -0.0939. The maximum atomic E-state index is 12.3. The Labute approximate surface area is 166 Å². The Morgan fingerprint density at radius 1 is 1.21 bits per heavy atom. The molecular weight excluding hydrogens is 354 g/mol. The van der Waals surface area contributed by atoms with Gasteiger partial charge < -0.3 is 15.5 Å². The number of rotatable bonds is 6. The minimum absolute atomic E-state index is 0.0939. The molecule has 2 amide bonds. The average molecular weight is 386 g/mol. The lowest BCUT2D eigenvalue weighted by molar-refractivity contribution is -0.133. The van der Waals surface area contributed by atoms with Crippen molar-refractivity contribution in [3.8, 4) is 0 Å². The molecule has 28 heavy (non-hydrogen) atoms. The van der Waals surface area contributed by atoms with E-state index in [9.17, 15) is 9.59 Å². The Bertz CT molecular complexity index is 751. The predicted molar refractivity (Wildman–Crippen MR) is 107 cm³/mol. The first-order valence-electron chi connectivity index (χ1n) is 10.7. The van der Waals surface area contributed by atoms with Crippen molar-refractivity contribution in [3.63, 3.8) is 0 Å². The van der Waals surface area contributed by atoms with E-state index < -0.39 is 0 Å². The van der Waals surface area contributed by atoms with Gasteiger partial charge in [0.2, 0.25) is 5.91 Å². The van der Waals surface area contributed by atoms with Crippen LogP contribution < -0.4 is 10.6 Å². The lowest BCUT2D eigenvalue weighted by atomic mass is 9.96. The predicted octanol–water partition coefficient (Wildman–Crippen LogP) is 2.02. The van der Waals surface area contributed by atoms with E-state index >= 15 is 0 Å². The molecule has 4 rings (SSSR count). The lowest BCUT2D eigenvalue weighted by Gasteiger charge is -2.32. The summed E-state index contributed by atoms with van der Waals surface area (Å²) >= 11 is 0. The average Bonchev–Trinajstić information content (AvgIpc) is 3.51. The van der Waals surface area contributed by atoms with Gasteiger partial charge in [-0.15, -0.1) is 0 Å². The number of fused-ring (bicyclic) bond motifs is 1. The zero-order chi connectivity index (χ0) is 19.7. The van der Waals surface area contributed by atoms with E-state index in [2.05, 4.69) is 29.5 Å². The molecule has 0 bridgehead atoms. The number of carbonyl (C=O) groups is 2. The van der Waals surface area contributed by atoms with Crippen molar-refractivity contribution in [2.24, 2.45) is 17.8 Å². The summed E-state index contributed by atoms with van der Waals surface area (Å²) in [7, 11) is 0. The highest BCUT2D eigenvalue weighted by Gasteiger charge is 2.35. The van der Waals surface area contributed by atoms with Crippen LogP contribution in [-0.2, 0) is 17.6 Å². The Hall–Kier alpha value is -2.18. The summed E-state index contributed by atoms with van der Waals surface area (Å²) in [5, 5.41) is 6.41. The van der Waals surface area contributed by atoms with Crippen LogP contribution in [0.25, 0.3) is 0 Å². The molecule has 1 saturated carbocycles. The highest BCUT2D eigenvalue weighted by atomic mass is 16.2. The molecule has 1 aliphatic carbocycles. The van der Waals surface area contributed by atoms with Crippen molar-refractivity contribution in [3.05, 3.63) is 17.1 Å². The van der Waals surface area contributed by atoms with Crippen LogP contribution in [-0.4, -0.2) is 52.9 Å². The maximum Gasteiger partial charge on any atom is 0.270 e. The summed E-state index contributed by atoms with van der Waals surface area (Å²) in [5.74, 6) is 3.10. The van der Waals surface area contributed by atoms with E-state index in [-0.39, 0.29) is 5.91 Å². The number of carbonyl (C=O) groups excluding carboxylic acids is 2. The Kier molecular flexibility index (Phi) is 5.51. The van der Waals surface area contributed by atoms with Gasteiger partial charge in [0.15, 0.2) is 0 Å².